The van der Waals surface area contributed by atoms with Gasteiger partial charge in [-0.25, -0.2) is 18.0 Å². The number of sulfonamides is 1. The van der Waals surface area contributed by atoms with Crippen molar-refractivity contribution in [1.29, 1.82) is 0 Å². The molecule has 23 heavy (non-hydrogen) atoms. The predicted molar refractivity (Wildman–Crippen MR) is 74.3 cm³/mol. The van der Waals surface area contributed by atoms with Crippen LogP contribution in [-0.4, -0.2) is 72.2 Å². The van der Waals surface area contributed by atoms with Crippen molar-refractivity contribution in [1.82, 2.24) is 9.21 Å². The van der Waals surface area contributed by atoms with Crippen molar-refractivity contribution >= 4 is 28.0 Å². The molecule has 2 saturated heterocycles. The number of piperidine rings is 1. The number of carboxylic acids is 1. The highest BCUT2D eigenvalue weighted by molar-refractivity contribution is 7.88. The highest BCUT2D eigenvalue weighted by Crippen LogP contribution is 2.49. The molecule has 0 aromatic rings. The lowest BCUT2D eigenvalue weighted by molar-refractivity contribution is -0.158. The van der Waals surface area contributed by atoms with Crippen molar-refractivity contribution in [2.75, 3.05) is 19.4 Å². The topological polar surface area (TPSA) is 147 Å². The Bertz CT molecular complexity index is 744. The fourth-order valence-electron chi connectivity index (χ4n) is 3.67. The van der Waals surface area contributed by atoms with Gasteiger partial charge in [0.25, 0.3) is 0 Å². The molecule has 3 heterocycles. The van der Waals surface area contributed by atoms with Gasteiger partial charge in [-0.2, -0.15) is 4.31 Å². The Balaban J connectivity index is 1.97. The van der Waals surface area contributed by atoms with Crippen LogP contribution in [0.15, 0.2) is 11.3 Å². The normalized spacial score (nSPS) is 30.0. The third-order valence-corrected chi connectivity index (χ3v) is 5.75. The number of nitrogens with two attached hydrogens (primary N) is 1. The summed E-state index contributed by atoms with van der Waals surface area (Å²) in [6, 6.07) is -1.47. The van der Waals surface area contributed by atoms with E-state index in [1.54, 1.807) is 0 Å². The zero-order chi connectivity index (χ0) is 17.1. The van der Waals surface area contributed by atoms with Gasteiger partial charge in [-0.1, -0.05) is 0 Å². The van der Waals surface area contributed by atoms with Gasteiger partial charge in [-0.3, -0.25) is 9.69 Å². The van der Waals surface area contributed by atoms with Gasteiger partial charge >= 0.3 is 12.1 Å². The molecule has 11 heteroatoms. The minimum Gasteiger partial charge on any atom is -0.477 e. The molecule has 2 amide bonds. The fourth-order valence-corrected chi connectivity index (χ4v) is 4.74. The van der Waals surface area contributed by atoms with Crippen LogP contribution in [0.25, 0.3) is 0 Å². The van der Waals surface area contributed by atoms with Crippen LogP contribution in [0, 0.1) is 5.92 Å². The van der Waals surface area contributed by atoms with Crippen molar-refractivity contribution in [2.45, 2.75) is 18.5 Å². The smallest absolute Gasteiger partial charge is 0.404 e. The Morgan fingerprint density at radius 2 is 2.09 bits per heavy atom. The molecule has 3 aliphatic rings. The van der Waals surface area contributed by atoms with Crippen LogP contribution in [0.4, 0.5) is 4.79 Å². The van der Waals surface area contributed by atoms with Crippen LogP contribution < -0.4 is 5.73 Å². The Labute approximate surface area is 131 Å². The molecule has 1 unspecified atom stereocenters. The third-order valence-electron chi connectivity index (χ3n) is 4.49. The van der Waals surface area contributed by atoms with Crippen molar-refractivity contribution < 1.29 is 32.6 Å². The van der Waals surface area contributed by atoms with E-state index in [0.29, 0.717) is 12.0 Å². The largest absolute Gasteiger partial charge is 0.477 e. The van der Waals surface area contributed by atoms with Crippen LogP contribution in [0.3, 0.4) is 0 Å². The Morgan fingerprint density at radius 3 is 2.61 bits per heavy atom. The molecular formula is C12H15N3O7S. The Hall–Kier alpha value is -2.14. The molecule has 0 aliphatic carbocycles. The number of hydrogen-bond acceptors (Lipinski definition) is 6. The van der Waals surface area contributed by atoms with Crippen LogP contribution in [0.2, 0.25) is 0 Å². The molecule has 3 atom stereocenters. The molecular weight excluding hydrogens is 330 g/mol. The van der Waals surface area contributed by atoms with Gasteiger partial charge < -0.3 is 15.6 Å². The summed E-state index contributed by atoms with van der Waals surface area (Å²) in [5.74, 6) is -2.25. The summed E-state index contributed by atoms with van der Waals surface area (Å²) in [5, 5.41) is 9.38. The summed E-state index contributed by atoms with van der Waals surface area (Å²) in [5.41, 5.74) is 4.97. The lowest BCUT2D eigenvalue weighted by Gasteiger charge is -2.52. The number of amides is 2. The molecule has 3 rings (SSSR count). The second-order valence-electron chi connectivity index (χ2n) is 5.70. The maximum absolute atomic E-state index is 12.3. The molecule has 0 spiro atoms. The van der Waals surface area contributed by atoms with E-state index in [1.165, 1.54) is 0 Å². The summed E-state index contributed by atoms with van der Waals surface area (Å²) in [7, 11) is -3.58. The number of hydrogen-bond donors (Lipinski definition) is 2. The maximum atomic E-state index is 12.3. The van der Waals surface area contributed by atoms with E-state index in [1.807, 2.05) is 0 Å². The van der Waals surface area contributed by atoms with E-state index in [2.05, 4.69) is 0 Å². The average Bonchev–Trinajstić information content (AvgIpc) is 2.75. The van der Waals surface area contributed by atoms with Gasteiger partial charge in [0, 0.05) is 18.0 Å². The van der Waals surface area contributed by atoms with E-state index in [4.69, 9.17) is 10.5 Å². The number of rotatable bonds is 4. The first kappa shape index (κ1) is 15.7. The fraction of sp³-hybridized carbons (Fsp3) is 0.583. The molecule has 10 nitrogen and oxygen atoms in total. The lowest BCUT2D eigenvalue weighted by Crippen LogP contribution is -2.73. The van der Waals surface area contributed by atoms with Crippen LogP contribution in [0.1, 0.15) is 6.42 Å². The van der Waals surface area contributed by atoms with Crippen molar-refractivity contribution in [2.24, 2.45) is 11.7 Å². The predicted octanol–water partition coefficient (Wildman–Crippen LogP) is -1.71. The summed E-state index contributed by atoms with van der Waals surface area (Å²) in [6.45, 7) is -0.218. The third kappa shape index (κ3) is 2.18. The molecule has 0 saturated carbocycles. The maximum Gasteiger partial charge on any atom is 0.404 e. The molecule has 0 aromatic carbocycles. The first-order chi connectivity index (χ1) is 10.6. The first-order valence-electron chi connectivity index (χ1n) is 6.83. The highest BCUT2D eigenvalue weighted by Gasteiger charge is 2.64. The lowest BCUT2D eigenvalue weighted by atomic mass is 9.79. The average molecular weight is 345 g/mol. The van der Waals surface area contributed by atoms with Gasteiger partial charge in [0.1, 0.15) is 18.3 Å². The Kier molecular flexibility index (Phi) is 3.37. The minimum atomic E-state index is -3.58. The van der Waals surface area contributed by atoms with Gasteiger partial charge in [0.05, 0.1) is 12.3 Å². The second-order valence-corrected chi connectivity index (χ2v) is 7.63. The molecule has 0 bridgehead atoms. The molecule has 2 fully saturated rings. The Morgan fingerprint density at radius 1 is 1.43 bits per heavy atom. The summed E-state index contributed by atoms with van der Waals surface area (Å²) in [4.78, 5) is 35.7. The van der Waals surface area contributed by atoms with Crippen LogP contribution in [0.5, 0.6) is 0 Å². The quantitative estimate of drug-likeness (QED) is 0.577. The van der Waals surface area contributed by atoms with E-state index in [0.717, 1.165) is 15.5 Å². The standard InChI is InChI=1S/C12H15N3O7S/c1-23(20,21)14-3-2-5-6(4-22-12(13)19)8(11(17)18)15-7(5)9(14)10(15)16/h5,7,9H,2-4H2,1H3,(H2,13,19)(H,17,18)/t5?,7-,9+/m1/s1. The summed E-state index contributed by atoms with van der Waals surface area (Å²) in [6.07, 6.45) is 0.306. The van der Waals surface area contributed by atoms with Crippen molar-refractivity contribution in [3.63, 3.8) is 0 Å². The molecule has 126 valence electrons. The molecule has 3 aliphatic heterocycles. The second kappa shape index (κ2) is 4.93. The van der Waals surface area contributed by atoms with Gasteiger partial charge in [0.2, 0.25) is 15.9 Å². The monoisotopic (exact) mass is 345 g/mol. The summed E-state index contributed by atoms with van der Waals surface area (Å²) >= 11 is 0. The van der Waals surface area contributed by atoms with E-state index < -0.39 is 40.1 Å². The van der Waals surface area contributed by atoms with Gasteiger partial charge in [-0.05, 0) is 6.42 Å². The number of nitrogens with zero attached hydrogens (tertiary/aromatic N) is 2. The van der Waals surface area contributed by atoms with Gasteiger partial charge in [0.15, 0.2) is 0 Å². The van der Waals surface area contributed by atoms with Gasteiger partial charge in [-0.15, -0.1) is 0 Å². The number of carbonyl (C=O) groups excluding carboxylic acids is 2. The highest BCUT2D eigenvalue weighted by atomic mass is 32.2. The summed E-state index contributed by atoms with van der Waals surface area (Å²) < 4.78 is 29.4. The number of aliphatic carboxylic acids is 1. The number of carbonyl (C=O) groups is 3. The van der Waals surface area contributed by atoms with E-state index in [-0.39, 0.29) is 24.8 Å². The minimum absolute atomic E-state index is 0.108. The number of carboxylic acid groups (broad SMARTS) is 1. The van der Waals surface area contributed by atoms with E-state index in [9.17, 15) is 27.9 Å². The van der Waals surface area contributed by atoms with Crippen LogP contribution in [-0.2, 0) is 24.3 Å². The van der Waals surface area contributed by atoms with Crippen molar-refractivity contribution in [3.05, 3.63) is 11.3 Å². The number of primary amides is 1. The zero-order valence-corrected chi connectivity index (χ0v) is 12.9. The SMILES string of the molecule is CS(=O)(=O)N1CCC2C(COC(N)=O)=C(C(=O)O)N3C(=O)[C@@H]1[C@@H]23. The number of β-lactam (4-membered cyclic amide) rings is 1. The number of ether oxygens (including phenoxy) is 1. The molecule has 0 radical (unpaired) electrons. The van der Waals surface area contributed by atoms with Crippen molar-refractivity contribution in [3.8, 4) is 0 Å². The van der Waals surface area contributed by atoms with E-state index >= 15 is 0 Å². The zero-order valence-electron chi connectivity index (χ0n) is 12.1. The molecule has 3 N–H and O–H groups in total. The first-order valence-corrected chi connectivity index (χ1v) is 8.68. The van der Waals surface area contributed by atoms with Crippen LogP contribution >= 0.6 is 0 Å². The molecule has 0 aromatic heterocycles.